The molecule has 0 aromatic heterocycles. The molecule has 0 aliphatic carbocycles. The Morgan fingerprint density at radius 2 is 1.77 bits per heavy atom. The van der Waals surface area contributed by atoms with Gasteiger partial charge in [-0.3, -0.25) is 0 Å². The minimum absolute atomic E-state index is 0.449. The van der Waals surface area contributed by atoms with E-state index in [9.17, 15) is 4.79 Å². The molecule has 22 heavy (non-hydrogen) atoms. The van der Waals surface area contributed by atoms with Crippen molar-refractivity contribution in [3.05, 3.63) is 65.7 Å². The highest BCUT2D eigenvalue weighted by atomic mass is 16.6. The minimum atomic E-state index is -1.15. The minimum Gasteiger partial charge on any atom is -0.489 e. The van der Waals surface area contributed by atoms with Crippen molar-refractivity contribution in [3.63, 3.8) is 0 Å². The molecule has 1 atom stereocenters. The largest absolute Gasteiger partial charge is 0.489 e. The first-order chi connectivity index (χ1) is 10.6. The van der Waals surface area contributed by atoms with Crippen LogP contribution in [0.2, 0.25) is 0 Å². The van der Waals surface area contributed by atoms with E-state index in [-0.39, 0.29) is 0 Å². The maximum Gasteiger partial charge on any atom is 0.342 e. The number of ether oxygens (including phenoxy) is 3. The molecule has 4 heteroatoms. The number of rotatable bonds is 6. The van der Waals surface area contributed by atoms with E-state index in [1.165, 1.54) is 14.2 Å². The third-order valence-corrected chi connectivity index (χ3v) is 3.62. The van der Waals surface area contributed by atoms with Crippen molar-refractivity contribution < 1.29 is 19.0 Å². The van der Waals surface area contributed by atoms with Gasteiger partial charge in [0.15, 0.2) is 5.60 Å². The summed E-state index contributed by atoms with van der Waals surface area (Å²) in [6.45, 7) is 2.14. The second-order valence-corrected chi connectivity index (χ2v) is 5.03. The fourth-order valence-electron chi connectivity index (χ4n) is 2.14. The van der Waals surface area contributed by atoms with Crippen molar-refractivity contribution >= 4 is 5.97 Å². The lowest BCUT2D eigenvalue weighted by Gasteiger charge is -2.25. The first-order valence-corrected chi connectivity index (χ1v) is 7.01. The van der Waals surface area contributed by atoms with Crippen molar-refractivity contribution in [1.82, 2.24) is 0 Å². The molecule has 0 fully saturated rings. The Kier molecular flexibility index (Phi) is 5.17. The van der Waals surface area contributed by atoms with Crippen LogP contribution in [-0.4, -0.2) is 20.2 Å². The highest BCUT2D eigenvalue weighted by Crippen LogP contribution is 2.29. The standard InChI is InChI=1S/C18H20O4/c1-18(21-3,17(19)20-2)15-10-7-11-16(12-15)22-13-14-8-5-4-6-9-14/h4-12H,13H2,1-3H3. The van der Waals surface area contributed by atoms with Gasteiger partial charge in [0.1, 0.15) is 12.4 Å². The molecule has 0 saturated heterocycles. The topological polar surface area (TPSA) is 44.8 Å². The number of hydrogen-bond acceptors (Lipinski definition) is 4. The van der Waals surface area contributed by atoms with Crippen LogP contribution in [0.5, 0.6) is 5.75 Å². The summed E-state index contributed by atoms with van der Waals surface area (Å²) < 4.78 is 16.0. The summed E-state index contributed by atoms with van der Waals surface area (Å²) in [6, 6.07) is 17.2. The lowest BCUT2D eigenvalue weighted by Crippen LogP contribution is -2.35. The Hall–Kier alpha value is -2.33. The number of benzene rings is 2. The van der Waals surface area contributed by atoms with Gasteiger partial charge in [-0.25, -0.2) is 4.79 Å². The predicted octanol–water partition coefficient (Wildman–Crippen LogP) is 3.30. The summed E-state index contributed by atoms with van der Waals surface area (Å²) in [5.41, 5.74) is 0.615. The number of carbonyl (C=O) groups is 1. The van der Waals surface area contributed by atoms with Crippen LogP contribution in [0.25, 0.3) is 0 Å². The van der Waals surface area contributed by atoms with Crippen molar-refractivity contribution in [2.75, 3.05) is 14.2 Å². The molecular weight excluding hydrogens is 280 g/mol. The van der Waals surface area contributed by atoms with Gasteiger partial charge in [-0.15, -0.1) is 0 Å². The van der Waals surface area contributed by atoms with E-state index in [1.807, 2.05) is 48.5 Å². The molecule has 2 aromatic carbocycles. The molecule has 4 nitrogen and oxygen atoms in total. The zero-order chi connectivity index (χ0) is 16.0. The quantitative estimate of drug-likeness (QED) is 0.768. The molecule has 0 radical (unpaired) electrons. The predicted molar refractivity (Wildman–Crippen MR) is 83.6 cm³/mol. The first-order valence-electron chi connectivity index (χ1n) is 7.01. The fraction of sp³-hybridized carbons (Fsp3) is 0.278. The summed E-state index contributed by atoms with van der Waals surface area (Å²) in [5, 5.41) is 0. The van der Waals surface area contributed by atoms with E-state index in [0.29, 0.717) is 17.9 Å². The fourth-order valence-corrected chi connectivity index (χ4v) is 2.14. The monoisotopic (exact) mass is 300 g/mol. The van der Waals surface area contributed by atoms with Crippen LogP contribution in [0.3, 0.4) is 0 Å². The van der Waals surface area contributed by atoms with Gasteiger partial charge in [0.2, 0.25) is 0 Å². The normalized spacial score (nSPS) is 13.2. The van der Waals surface area contributed by atoms with Gasteiger partial charge in [0, 0.05) is 7.11 Å². The highest BCUT2D eigenvalue weighted by molar-refractivity contribution is 5.81. The third-order valence-electron chi connectivity index (χ3n) is 3.62. The molecule has 0 N–H and O–H groups in total. The maximum atomic E-state index is 12.0. The van der Waals surface area contributed by atoms with Gasteiger partial charge in [-0.1, -0.05) is 42.5 Å². The SMILES string of the molecule is COC(=O)C(C)(OC)c1cccc(OCc2ccccc2)c1. The molecular formula is C18H20O4. The second kappa shape index (κ2) is 7.09. The number of hydrogen-bond donors (Lipinski definition) is 0. The summed E-state index contributed by atoms with van der Waals surface area (Å²) >= 11 is 0. The van der Waals surface area contributed by atoms with Gasteiger partial charge in [0.05, 0.1) is 7.11 Å². The molecule has 0 saturated carbocycles. The second-order valence-electron chi connectivity index (χ2n) is 5.03. The van der Waals surface area contributed by atoms with Crippen LogP contribution in [0, 0.1) is 0 Å². The Morgan fingerprint density at radius 3 is 2.41 bits per heavy atom. The highest BCUT2D eigenvalue weighted by Gasteiger charge is 2.36. The summed E-state index contributed by atoms with van der Waals surface area (Å²) in [5.74, 6) is 0.226. The van der Waals surface area contributed by atoms with E-state index in [4.69, 9.17) is 14.2 Å². The lowest BCUT2D eigenvalue weighted by molar-refractivity contribution is -0.165. The molecule has 116 valence electrons. The number of esters is 1. The smallest absolute Gasteiger partial charge is 0.342 e. The Balaban J connectivity index is 2.17. The van der Waals surface area contributed by atoms with Gasteiger partial charge in [-0.05, 0) is 30.2 Å². The van der Waals surface area contributed by atoms with Gasteiger partial charge >= 0.3 is 5.97 Å². The average Bonchev–Trinajstić information content (AvgIpc) is 2.59. The van der Waals surface area contributed by atoms with Crippen LogP contribution in [0.15, 0.2) is 54.6 Å². The van der Waals surface area contributed by atoms with Crippen LogP contribution in [0.1, 0.15) is 18.1 Å². The van der Waals surface area contributed by atoms with Crippen LogP contribution < -0.4 is 4.74 Å². The first kappa shape index (κ1) is 16.0. The Labute approximate surface area is 130 Å². The number of methoxy groups -OCH3 is 2. The third kappa shape index (κ3) is 3.46. The lowest BCUT2D eigenvalue weighted by atomic mass is 9.95. The summed E-state index contributed by atoms with van der Waals surface area (Å²) in [6.07, 6.45) is 0. The van der Waals surface area contributed by atoms with E-state index in [2.05, 4.69) is 0 Å². The van der Waals surface area contributed by atoms with Gasteiger partial charge in [0.25, 0.3) is 0 Å². The zero-order valence-electron chi connectivity index (χ0n) is 13.0. The van der Waals surface area contributed by atoms with E-state index >= 15 is 0 Å². The molecule has 0 amide bonds. The molecule has 2 rings (SSSR count). The average molecular weight is 300 g/mol. The van der Waals surface area contributed by atoms with E-state index in [0.717, 1.165) is 5.56 Å². The zero-order valence-corrected chi connectivity index (χ0v) is 13.0. The van der Waals surface area contributed by atoms with Crippen LogP contribution in [0.4, 0.5) is 0 Å². The molecule has 1 unspecified atom stereocenters. The van der Waals surface area contributed by atoms with Gasteiger partial charge < -0.3 is 14.2 Å². The van der Waals surface area contributed by atoms with E-state index < -0.39 is 11.6 Å². The molecule has 0 aliphatic heterocycles. The Morgan fingerprint density at radius 1 is 1.05 bits per heavy atom. The van der Waals surface area contributed by atoms with Crippen molar-refractivity contribution in [3.8, 4) is 5.75 Å². The molecule has 0 heterocycles. The molecule has 0 aliphatic rings. The maximum absolute atomic E-state index is 12.0. The molecule has 0 bridgehead atoms. The summed E-state index contributed by atoms with van der Waals surface area (Å²) in [4.78, 5) is 12.0. The van der Waals surface area contributed by atoms with Crippen molar-refractivity contribution in [1.29, 1.82) is 0 Å². The summed E-state index contributed by atoms with van der Waals surface area (Å²) in [7, 11) is 2.82. The van der Waals surface area contributed by atoms with Crippen molar-refractivity contribution in [2.45, 2.75) is 19.1 Å². The van der Waals surface area contributed by atoms with Gasteiger partial charge in [-0.2, -0.15) is 0 Å². The number of carbonyl (C=O) groups excluding carboxylic acids is 1. The molecule has 2 aromatic rings. The van der Waals surface area contributed by atoms with Crippen molar-refractivity contribution in [2.24, 2.45) is 0 Å². The van der Waals surface area contributed by atoms with Crippen LogP contribution >= 0.6 is 0 Å². The Bertz CT molecular complexity index is 624. The van der Waals surface area contributed by atoms with E-state index in [1.54, 1.807) is 13.0 Å². The van der Waals surface area contributed by atoms with Crippen LogP contribution in [-0.2, 0) is 26.5 Å². The molecule has 0 spiro atoms.